The van der Waals surface area contributed by atoms with Crippen molar-refractivity contribution in [3.05, 3.63) is 34.8 Å². The Morgan fingerprint density at radius 1 is 1.14 bits per heavy atom. The maximum atomic E-state index is 4.74. The fourth-order valence-corrected chi connectivity index (χ4v) is 3.30. The maximum absolute atomic E-state index is 4.74. The summed E-state index contributed by atoms with van der Waals surface area (Å²) in [7, 11) is 0. The molecule has 22 heavy (non-hydrogen) atoms. The van der Waals surface area contributed by atoms with Crippen molar-refractivity contribution in [1.82, 2.24) is 15.0 Å². The molecule has 0 aliphatic rings. The molecule has 5 heteroatoms. The zero-order chi connectivity index (χ0) is 15.5. The summed E-state index contributed by atoms with van der Waals surface area (Å²) in [5.41, 5.74) is 3.03. The number of nitrogens with one attached hydrogen (secondary N) is 1. The number of anilines is 1. The SMILES string of the molecule is CCCCNc1nc(-c2cccc(C)n2)nc2scc(C)c12. The maximum Gasteiger partial charge on any atom is 0.181 e. The summed E-state index contributed by atoms with van der Waals surface area (Å²) < 4.78 is 0. The first-order chi connectivity index (χ1) is 10.7. The van der Waals surface area contributed by atoms with Crippen molar-refractivity contribution in [2.45, 2.75) is 33.6 Å². The molecule has 0 saturated carbocycles. The monoisotopic (exact) mass is 312 g/mol. The van der Waals surface area contributed by atoms with E-state index in [4.69, 9.17) is 9.97 Å². The Morgan fingerprint density at radius 3 is 2.77 bits per heavy atom. The normalized spacial score (nSPS) is 11.0. The van der Waals surface area contributed by atoms with Crippen LogP contribution in [-0.4, -0.2) is 21.5 Å². The lowest BCUT2D eigenvalue weighted by Crippen LogP contribution is -2.05. The second-order valence-electron chi connectivity index (χ2n) is 5.44. The average molecular weight is 312 g/mol. The first kappa shape index (κ1) is 14.9. The van der Waals surface area contributed by atoms with Crippen LogP contribution in [0, 0.1) is 13.8 Å². The quantitative estimate of drug-likeness (QED) is 0.700. The molecule has 0 fully saturated rings. The number of unbranched alkanes of at least 4 members (excludes halogenated alkanes) is 1. The van der Waals surface area contributed by atoms with Crippen LogP contribution in [0.3, 0.4) is 0 Å². The van der Waals surface area contributed by atoms with Gasteiger partial charge in [0.2, 0.25) is 0 Å². The van der Waals surface area contributed by atoms with Crippen molar-refractivity contribution in [2.24, 2.45) is 0 Å². The summed E-state index contributed by atoms with van der Waals surface area (Å²) >= 11 is 1.66. The molecule has 0 unspecified atom stereocenters. The minimum Gasteiger partial charge on any atom is -0.369 e. The Morgan fingerprint density at radius 2 is 2.00 bits per heavy atom. The first-order valence-corrected chi connectivity index (χ1v) is 8.50. The molecule has 1 N–H and O–H groups in total. The summed E-state index contributed by atoms with van der Waals surface area (Å²) in [4.78, 5) is 15.0. The Balaban J connectivity index is 2.08. The highest BCUT2D eigenvalue weighted by atomic mass is 32.1. The summed E-state index contributed by atoms with van der Waals surface area (Å²) in [5, 5.41) is 6.74. The Hall–Kier alpha value is -2.01. The Kier molecular flexibility index (Phi) is 4.34. The standard InChI is InChI=1S/C17H20N4S/c1-4-5-9-18-16-14-11(2)10-22-17(14)21-15(20-16)13-8-6-7-12(3)19-13/h6-8,10H,4-5,9H2,1-3H3,(H,18,20,21). The van der Waals surface area contributed by atoms with E-state index in [1.54, 1.807) is 11.3 Å². The minimum atomic E-state index is 0.692. The lowest BCUT2D eigenvalue weighted by atomic mass is 10.2. The number of rotatable bonds is 5. The summed E-state index contributed by atoms with van der Waals surface area (Å²) in [5.74, 6) is 1.62. The third-order valence-electron chi connectivity index (χ3n) is 3.56. The molecule has 3 rings (SSSR count). The van der Waals surface area contributed by atoms with Gasteiger partial charge in [-0.3, -0.25) is 0 Å². The van der Waals surface area contributed by atoms with Gasteiger partial charge in [-0.2, -0.15) is 0 Å². The number of nitrogens with zero attached hydrogens (tertiary/aromatic N) is 3. The Labute approximate surface area is 134 Å². The van der Waals surface area contributed by atoms with Crippen LogP contribution in [0.2, 0.25) is 0 Å². The molecular weight excluding hydrogens is 292 g/mol. The molecule has 3 aromatic heterocycles. The van der Waals surface area contributed by atoms with Crippen LogP contribution >= 0.6 is 11.3 Å². The van der Waals surface area contributed by atoms with Gasteiger partial charge in [-0.25, -0.2) is 15.0 Å². The van der Waals surface area contributed by atoms with Crippen LogP contribution in [0.15, 0.2) is 23.6 Å². The molecular formula is C17H20N4S. The van der Waals surface area contributed by atoms with Crippen LogP contribution in [-0.2, 0) is 0 Å². The van der Waals surface area contributed by atoms with E-state index >= 15 is 0 Å². The number of aromatic nitrogens is 3. The van der Waals surface area contributed by atoms with Gasteiger partial charge < -0.3 is 5.32 Å². The molecule has 114 valence electrons. The van der Waals surface area contributed by atoms with Gasteiger partial charge in [0.25, 0.3) is 0 Å². The van der Waals surface area contributed by atoms with E-state index in [1.807, 2.05) is 25.1 Å². The molecule has 0 bridgehead atoms. The molecule has 0 saturated heterocycles. The number of aryl methyl sites for hydroxylation is 2. The van der Waals surface area contributed by atoms with Crippen molar-refractivity contribution in [1.29, 1.82) is 0 Å². The number of hydrogen-bond acceptors (Lipinski definition) is 5. The second kappa shape index (κ2) is 6.40. The van der Waals surface area contributed by atoms with Crippen LogP contribution in [0.4, 0.5) is 5.82 Å². The van der Waals surface area contributed by atoms with Gasteiger partial charge in [-0.15, -0.1) is 11.3 Å². The lowest BCUT2D eigenvalue weighted by molar-refractivity contribution is 0.831. The van der Waals surface area contributed by atoms with Gasteiger partial charge in [-0.05, 0) is 43.3 Å². The predicted octanol–water partition coefficient (Wildman–Crippen LogP) is 4.58. The van der Waals surface area contributed by atoms with Gasteiger partial charge >= 0.3 is 0 Å². The molecule has 0 aromatic carbocycles. The van der Waals surface area contributed by atoms with Crippen LogP contribution < -0.4 is 5.32 Å². The molecule has 0 amide bonds. The van der Waals surface area contributed by atoms with E-state index in [0.29, 0.717) is 5.82 Å². The molecule has 0 spiro atoms. The van der Waals surface area contributed by atoms with E-state index in [-0.39, 0.29) is 0 Å². The molecule has 0 aliphatic heterocycles. The largest absolute Gasteiger partial charge is 0.369 e. The van der Waals surface area contributed by atoms with Gasteiger partial charge in [0.1, 0.15) is 16.3 Å². The van der Waals surface area contributed by atoms with Gasteiger partial charge in [0, 0.05) is 12.2 Å². The number of hydrogen-bond donors (Lipinski definition) is 1. The highest BCUT2D eigenvalue weighted by molar-refractivity contribution is 7.17. The Bertz CT molecular complexity index is 794. The van der Waals surface area contributed by atoms with Crippen molar-refractivity contribution >= 4 is 27.4 Å². The van der Waals surface area contributed by atoms with Crippen molar-refractivity contribution in [3.63, 3.8) is 0 Å². The minimum absolute atomic E-state index is 0.692. The van der Waals surface area contributed by atoms with Gasteiger partial charge in [0.05, 0.1) is 5.39 Å². The van der Waals surface area contributed by atoms with Crippen molar-refractivity contribution < 1.29 is 0 Å². The third kappa shape index (κ3) is 2.95. The molecule has 0 atom stereocenters. The van der Waals surface area contributed by atoms with E-state index in [1.165, 1.54) is 5.56 Å². The molecule has 3 heterocycles. The highest BCUT2D eigenvalue weighted by Gasteiger charge is 2.13. The van der Waals surface area contributed by atoms with Crippen LogP contribution in [0.25, 0.3) is 21.7 Å². The second-order valence-corrected chi connectivity index (χ2v) is 6.30. The molecule has 4 nitrogen and oxygen atoms in total. The zero-order valence-corrected chi connectivity index (χ0v) is 14.0. The first-order valence-electron chi connectivity index (χ1n) is 7.62. The van der Waals surface area contributed by atoms with E-state index < -0.39 is 0 Å². The fraction of sp³-hybridized carbons (Fsp3) is 0.353. The third-order valence-corrected chi connectivity index (χ3v) is 4.55. The summed E-state index contributed by atoms with van der Waals surface area (Å²) in [6, 6.07) is 5.94. The van der Waals surface area contributed by atoms with E-state index in [0.717, 1.165) is 46.8 Å². The lowest BCUT2D eigenvalue weighted by Gasteiger charge is -2.09. The molecule has 0 radical (unpaired) electrons. The van der Waals surface area contributed by atoms with E-state index in [2.05, 4.69) is 29.5 Å². The van der Waals surface area contributed by atoms with Gasteiger partial charge in [0.15, 0.2) is 5.82 Å². The molecule has 0 aliphatic carbocycles. The smallest absolute Gasteiger partial charge is 0.181 e. The number of thiophene rings is 1. The van der Waals surface area contributed by atoms with Crippen molar-refractivity contribution in [3.8, 4) is 11.5 Å². The van der Waals surface area contributed by atoms with Crippen molar-refractivity contribution in [2.75, 3.05) is 11.9 Å². The zero-order valence-electron chi connectivity index (χ0n) is 13.2. The predicted molar refractivity (Wildman–Crippen MR) is 93.5 cm³/mol. The van der Waals surface area contributed by atoms with Gasteiger partial charge in [-0.1, -0.05) is 19.4 Å². The summed E-state index contributed by atoms with van der Waals surface area (Å²) in [6.07, 6.45) is 2.29. The topological polar surface area (TPSA) is 50.7 Å². The van der Waals surface area contributed by atoms with Crippen LogP contribution in [0.5, 0.6) is 0 Å². The summed E-state index contributed by atoms with van der Waals surface area (Å²) in [6.45, 7) is 7.21. The van der Waals surface area contributed by atoms with E-state index in [9.17, 15) is 0 Å². The highest BCUT2D eigenvalue weighted by Crippen LogP contribution is 2.31. The van der Waals surface area contributed by atoms with Crippen LogP contribution in [0.1, 0.15) is 31.0 Å². The average Bonchev–Trinajstić information content (AvgIpc) is 2.89. The number of pyridine rings is 1. The fourth-order valence-electron chi connectivity index (χ4n) is 2.38. The number of fused-ring (bicyclic) bond motifs is 1. The molecule has 3 aromatic rings.